The van der Waals surface area contributed by atoms with Crippen LogP contribution in [0.3, 0.4) is 0 Å². The number of carbonyl (C=O) groups is 2. The molecule has 1 atom stereocenters. The molecule has 2 amide bonds. The Morgan fingerprint density at radius 1 is 1.14 bits per heavy atom. The van der Waals surface area contributed by atoms with Crippen molar-refractivity contribution in [2.24, 2.45) is 5.73 Å². The minimum Gasteiger partial charge on any atom is -0.368 e. The molecule has 7 nitrogen and oxygen atoms in total. The molecule has 7 heteroatoms. The van der Waals surface area contributed by atoms with Gasteiger partial charge < -0.3 is 15.0 Å². The fourth-order valence-electron chi connectivity index (χ4n) is 4.52. The molecular formula is C21H29N5O2. The van der Waals surface area contributed by atoms with Crippen molar-refractivity contribution in [3.8, 4) is 0 Å². The highest BCUT2D eigenvalue weighted by Crippen LogP contribution is 2.24. The van der Waals surface area contributed by atoms with Crippen molar-refractivity contribution < 1.29 is 9.59 Å². The maximum absolute atomic E-state index is 13.3. The fourth-order valence-corrected chi connectivity index (χ4v) is 4.52. The number of rotatable bonds is 4. The highest BCUT2D eigenvalue weighted by molar-refractivity contribution is 5.94. The first-order chi connectivity index (χ1) is 13.6. The van der Waals surface area contributed by atoms with E-state index in [4.69, 9.17) is 10.7 Å². The number of piperidine rings is 2. The van der Waals surface area contributed by atoms with Gasteiger partial charge in [0.1, 0.15) is 5.65 Å². The number of aryl methyl sites for hydroxylation is 1. The number of primary amides is 1. The molecule has 150 valence electrons. The highest BCUT2D eigenvalue weighted by Gasteiger charge is 2.31. The first kappa shape index (κ1) is 18.9. The van der Waals surface area contributed by atoms with E-state index in [9.17, 15) is 9.59 Å². The van der Waals surface area contributed by atoms with Gasteiger partial charge in [0.2, 0.25) is 5.91 Å². The molecule has 4 rings (SSSR count). The summed E-state index contributed by atoms with van der Waals surface area (Å²) in [6.45, 7) is 4.91. The van der Waals surface area contributed by atoms with Gasteiger partial charge in [-0.15, -0.1) is 0 Å². The van der Waals surface area contributed by atoms with Crippen LogP contribution < -0.4 is 5.73 Å². The Kier molecular flexibility index (Phi) is 5.35. The van der Waals surface area contributed by atoms with E-state index >= 15 is 0 Å². The van der Waals surface area contributed by atoms with Crippen molar-refractivity contribution >= 4 is 17.5 Å². The van der Waals surface area contributed by atoms with E-state index in [0.29, 0.717) is 12.2 Å². The Balaban J connectivity index is 1.73. The highest BCUT2D eigenvalue weighted by atomic mass is 16.2. The number of aromatic nitrogens is 2. The number of hydrogen-bond donors (Lipinski definition) is 1. The van der Waals surface area contributed by atoms with Crippen molar-refractivity contribution in [1.29, 1.82) is 0 Å². The molecule has 2 aromatic heterocycles. The van der Waals surface area contributed by atoms with E-state index in [-0.39, 0.29) is 17.9 Å². The zero-order chi connectivity index (χ0) is 19.7. The van der Waals surface area contributed by atoms with Gasteiger partial charge in [-0.1, -0.05) is 12.5 Å². The molecule has 0 spiro atoms. The molecule has 0 aliphatic carbocycles. The first-order valence-corrected chi connectivity index (χ1v) is 10.4. The number of fused-ring (bicyclic) bond motifs is 1. The number of amides is 2. The zero-order valence-electron chi connectivity index (χ0n) is 16.6. The van der Waals surface area contributed by atoms with Crippen LogP contribution in [0.2, 0.25) is 0 Å². The van der Waals surface area contributed by atoms with E-state index < -0.39 is 0 Å². The average Bonchev–Trinajstić information content (AvgIpc) is 3.08. The second kappa shape index (κ2) is 7.91. The number of carbonyl (C=O) groups excluding carboxylic acids is 2. The molecule has 28 heavy (non-hydrogen) atoms. The second-order valence-corrected chi connectivity index (χ2v) is 8.03. The number of pyridine rings is 1. The lowest BCUT2D eigenvalue weighted by atomic mass is 10.0. The van der Waals surface area contributed by atoms with Crippen LogP contribution in [0, 0.1) is 6.92 Å². The Morgan fingerprint density at radius 3 is 2.64 bits per heavy atom. The maximum atomic E-state index is 13.3. The van der Waals surface area contributed by atoms with Gasteiger partial charge in [-0.25, -0.2) is 4.98 Å². The van der Waals surface area contributed by atoms with E-state index in [1.165, 1.54) is 6.42 Å². The summed E-state index contributed by atoms with van der Waals surface area (Å²) in [5.74, 6) is -0.279. The van der Waals surface area contributed by atoms with Crippen LogP contribution in [0.15, 0.2) is 18.3 Å². The molecule has 2 aromatic rings. The number of likely N-dealkylation sites (tertiary alicyclic amines) is 2. The standard InChI is InChI=1S/C21H29N5O2/c1-15-8-7-13-26-17(14-25-12-6-3-9-16(25)19(22)27)18(23-20(15)26)21(28)24-10-4-2-5-11-24/h7-8,13,16H,2-6,9-12,14H2,1H3,(H2,22,27)/t16-/m1/s1. The molecular weight excluding hydrogens is 354 g/mol. The number of imidazole rings is 1. The summed E-state index contributed by atoms with van der Waals surface area (Å²) < 4.78 is 2.01. The van der Waals surface area contributed by atoms with Gasteiger partial charge in [-0.3, -0.25) is 14.5 Å². The Bertz CT molecular complexity index is 884. The van der Waals surface area contributed by atoms with Crippen LogP contribution in [0.1, 0.15) is 60.3 Å². The molecule has 0 saturated carbocycles. The number of nitrogens with zero attached hydrogens (tertiary/aromatic N) is 4. The van der Waals surface area contributed by atoms with E-state index in [2.05, 4.69) is 4.90 Å². The van der Waals surface area contributed by atoms with Crippen LogP contribution in [-0.2, 0) is 11.3 Å². The lowest BCUT2D eigenvalue weighted by Crippen LogP contribution is -2.47. The quantitative estimate of drug-likeness (QED) is 0.876. The Hall–Kier alpha value is -2.41. The summed E-state index contributed by atoms with van der Waals surface area (Å²) in [5, 5.41) is 0. The fraction of sp³-hybridized carbons (Fsp3) is 0.571. The molecule has 2 aliphatic heterocycles. The molecule has 0 radical (unpaired) electrons. The molecule has 0 unspecified atom stereocenters. The minimum absolute atomic E-state index is 0.00503. The normalized spacial score (nSPS) is 21.2. The van der Waals surface area contributed by atoms with Crippen LogP contribution in [0.5, 0.6) is 0 Å². The van der Waals surface area contributed by atoms with Crippen LogP contribution in [-0.4, -0.2) is 56.7 Å². The third-order valence-corrected chi connectivity index (χ3v) is 6.08. The van der Waals surface area contributed by atoms with Gasteiger partial charge in [-0.05, 0) is 57.2 Å². The van der Waals surface area contributed by atoms with Gasteiger partial charge in [0.05, 0.1) is 11.7 Å². The van der Waals surface area contributed by atoms with Gasteiger partial charge in [0.25, 0.3) is 5.91 Å². The number of hydrogen-bond acceptors (Lipinski definition) is 4. The summed E-state index contributed by atoms with van der Waals surface area (Å²) in [6.07, 6.45) is 8.05. The summed E-state index contributed by atoms with van der Waals surface area (Å²) in [6, 6.07) is 3.71. The van der Waals surface area contributed by atoms with Crippen molar-refractivity contribution in [2.75, 3.05) is 19.6 Å². The van der Waals surface area contributed by atoms with Crippen molar-refractivity contribution in [3.63, 3.8) is 0 Å². The van der Waals surface area contributed by atoms with Crippen LogP contribution >= 0.6 is 0 Å². The largest absolute Gasteiger partial charge is 0.368 e. The van der Waals surface area contributed by atoms with Gasteiger partial charge in [0.15, 0.2) is 5.69 Å². The smallest absolute Gasteiger partial charge is 0.274 e. The van der Waals surface area contributed by atoms with Gasteiger partial charge in [-0.2, -0.15) is 0 Å². The number of nitrogens with two attached hydrogens (primary N) is 1. The van der Waals surface area contributed by atoms with Crippen molar-refractivity contribution in [1.82, 2.24) is 19.2 Å². The molecule has 0 bridgehead atoms. The molecule has 2 N–H and O–H groups in total. The molecule has 2 fully saturated rings. The molecule has 2 aliphatic rings. The van der Waals surface area contributed by atoms with Gasteiger partial charge in [0, 0.05) is 25.8 Å². The van der Waals surface area contributed by atoms with Crippen LogP contribution in [0.4, 0.5) is 0 Å². The first-order valence-electron chi connectivity index (χ1n) is 10.4. The Labute approximate surface area is 165 Å². The topological polar surface area (TPSA) is 83.9 Å². The van der Waals surface area contributed by atoms with E-state index in [0.717, 1.165) is 68.6 Å². The maximum Gasteiger partial charge on any atom is 0.274 e. The van der Waals surface area contributed by atoms with E-state index in [1.807, 2.05) is 34.6 Å². The van der Waals surface area contributed by atoms with Gasteiger partial charge >= 0.3 is 0 Å². The van der Waals surface area contributed by atoms with Crippen LogP contribution in [0.25, 0.3) is 5.65 Å². The summed E-state index contributed by atoms with van der Waals surface area (Å²) in [4.78, 5) is 34.0. The van der Waals surface area contributed by atoms with Crippen molar-refractivity contribution in [2.45, 2.75) is 58.0 Å². The summed E-state index contributed by atoms with van der Waals surface area (Å²) >= 11 is 0. The SMILES string of the molecule is Cc1cccn2c(CN3CCCC[C@@H]3C(N)=O)c(C(=O)N3CCCCC3)nc12. The zero-order valence-corrected chi connectivity index (χ0v) is 16.6. The predicted octanol–water partition coefficient (Wildman–Crippen LogP) is 2.11. The average molecular weight is 383 g/mol. The third-order valence-electron chi connectivity index (χ3n) is 6.08. The minimum atomic E-state index is -0.284. The second-order valence-electron chi connectivity index (χ2n) is 8.03. The predicted molar refractivity (Wildman–Crippen MR) is 107 cm³/mol. The van der Waals surface area contributed by atoms with E-state index in [1.54, 1.807) is 0 Å². The molecule has 2 saturated heterocycles. The Morgan fingerprint density at radius 2 is 1.89 bits per heavy atom. The third kappa shape index (κ3) is 3.51. The molecule has 4 heterocycles. The lowest BCUT2D eigenvalue weighted by Gasteiger charge is -2.33. The monoisotopic (exact) mass is 383 g/mol. The lowest BCUT2D eigenvalue weighted by molar-refractivity contribution is -0.124. The summed E-state index contributed by atoms with van der Waals surface area (Å²) in [5.41, 5.74) is 8.89. The van der Waals surface area contributed by atoms with Crippen molar-refractivity contribution in [3.05, 3.63) is 35.3 Å². The molecule has 0 aromatic carbocycles. The summed E-state index contributed by atoms with van der Waals surface area (Å²) in [7, 11) is 0.